The first-order valence-electron chi connectivity index (χ1n) is 7.24. The van der Waals surface area contributed by atoms with Crippen molar-refractivity contribution >= 4 is 32.6 Å². The SMILES string of the molecule is COC(=O)c1ccccc1NS(=O)(=O)c1ccc2[nH]c(=O)ccc2c1. The number of fused-ring (bicyclic) bond motifs is 1. The molecular weight excluding hydrogens is 344 g/mol. The molecule has 0 saturated heterocycles. The first-order valence-corrected chi connectivity index (χ1v) is 8.72. The fraction of sp³-hybridized carbons (Fsp3) is 0.0588. The standard InChI is InChI=1S/C17H14N2O5S/c1-24-17(21)13-4-2-3-5-15(13)19-25(22,23)12-7-8-14-11(10-12)6-9-16(20)18-14/h2-10,19H,1H3,(H,18,20). The number of nitrogens with one attached hydrogen (secondary N) is 2. The summed E-state index contributed by atoms with van der Waals surface area (Å²) in [7, 11) is -2.71. The van der Waals surface area contributed by atoms with Gasteiger partial charge in [-0.1, -0.05) is 12.1 Å². The van der Waals surface area contributed by atoms with Crippen LogP contribution in [0.15, 0.2) is 64.3 Å². The molecule has 0 bridgehead atoms. The van der Waals surface area contributed by atoms with Gasteiger partial charge >= 0.3 is 5.97 Å². The highest BCUT2D eigenvalue weighted by atomic mass is 32.2. The van der Waals surface area contributed by atoms with Gasteiger partial charge in [-0.25, -0.2) is 13.2 Å². The van der Waals surface area contributed by atoms with Crippen molar-refractivity contribution in [1.82, 2.24) is 4.98 Å². The topological polar surface area (TPSA) is 105 Å². The number of benzene rings is 2. The number of ether oxygens (including phenoxy) is 1. The monoisotopic (exact) mass is 358 g/mol. The summed E-state index contributed by atoms with van der Waals surface area (Å²) in [6.45, 7) is 0. The lowest BCUT2D eigenvalue weighted by Gasteiger charge is -2.12. The van der Waals surface area contributed by atoms with E-state index in [4.69, 9.17) is 0 Å². The average molecular weight is 358 g/mol. The van der Waals surface area contributed by atoms with E-state index >= 15 is 0 Å². The summed E-state index contributed by atoms with van der Waals surface area (Å²) < 4.78 is 32.3. The van der Waals surface area contributed by atoms with Crippen LogP contribution < -0.4 is 10.3 Å². The first kappa shape index (κ1) is 16.7. The normalized spacial score (nSPS) is 11.2. The third-order valence-corrected chi connectivity index (χ3v) is 4.95. The van der Waals surface area contributed by atoms with E-state index in [1.54, 1.807) is 12.1 Å². The van der Waals surface area contributed by atoms with Crippen LogP contribution in [0.4, 0.5) is 5.69 Å². The zero-order valence-electron chi connectivity index (χ0n) is 13.1. The van der Waals surface area contributed by atoms with Gasteiger partial charge < -0.3 is 9.72 Å². The Labute approximate surface area is 143 Å². The van der Waals surface area contributed by atoms with Crippen molar-refractivity contribution in [2.75, 3.05) is 11.8 Å². The lowest BCUT2D eigenvalue weighted by molar-refractivity contribution is 0.0602. The van der Waals surface area contributed by atoms with E-state index in [0.29, 0.717) is 10.9 Å². The minimum absolute atomic E-state index is 0.00622. The number of H-pyrrole nitrogens is 1. The number of methoxy groups -OCH3 is 1. The number of carbonyl (C=O) groups excluding carboxylic acids is 1. The molecule has 0 atom stereocenters. The van der Waals surface area contributed by atoms with Crippen molar-refractivity contribution < 1.29 is 17.9 Å². The van der Waals surface area contributed by atoms with Crippen LogP contribution in [0.3, 0.4) is 0 Å². The molecule has 0 fully saturated rings. The summed E-state index contributed by atoms with van der Waals surface area (Å²) in [6, 6.07) is 13.3. The number of pyridine rings is 1. The second-order valence-corrected chi connectivity index (χ2v) is 6.90. The summed E-state index contributed by atoms with van der Waals surface area (Å²) in [4.78, 5) is 25.7. The minimum Gasteiger partial charge on any atom is -0.465 e. The van der Waals surface area contributed by atoms with Gasteiger partial charge in [0, 0.05) is 11.6 Å². The van der Waals surface area contributed by atoms with Gasteiger partial charge in [0.05, 0.1) is 23.3 Å². The fourth-order valence-corrected chi connectivity index (χ4v) is 3.48. The smallest absolute Gasteiger partial charge is 0.339 e. The van der Waals surface area contributed by atoms with Crippen molar-refractivity contribution in [3.05, 3.63) is 70.5 Å². The van der Waals surface area contributed by atoms with Crippen molar-refractivity contribution in [1.29, 1.82) is 0 Å². The van der Waals surface area contributed by atoms with Crippen LogP contribution in [0.2, 0.25) is 0 Å². The van der Waals surface area contributed by atoms with Crippen LogP contribution >= 0.6 is 0 Å². The van der Waals surface area contributed by atoms with E-state index < -0.39 is 16.0 Å². The first-order chi connectivity index (χ1) is 11.9. The molecule has 3 rings (SSSR count). The molecule has 1 aromatic heterocycles. The van der Waals surface area contributed by atoms with Crippen molar-refractivity contribution in [2.45, 2.75) is 4.90 Å². The van der Waals surface area contributed by atoms with Gasteiger partial charge in [-0.3, -0.25) is 9.52 Å². The molecule has 128 valence electrons. The maximum atomic E-state index is 12.6. The predicted molar refractivity (Wildman–Crippen MR) is 93.2 cm³/mol. The molecule has 7 nitrogen and oxygen atoms in total. The van der Waals surface area contributed by atoms with Crippen molar-refractivity contribution in [2.24, 2.45) is 0 Å². The van der Waals surface area contributed by atoms with Crippen LogP contribution in [0.1, 0.15) is 10.4 Å². The highest BCUT2D eigenvalue weighted by Gasteiger charge is 2.19. The molecular formula is C17H14N2O5S. The van der Waals surface area contributed by atoms with E-state index in [1.807, 2.05) is 0 Å². The van der Waals surface area contributed by atoms with Crippen molar-refractivity contribution in [3.63, 3.8) is 0 Å². The van der Waals surface area contributed by atoms with Crippen LogP contribution in [0.25, 0.3) is 10.9 Å². The second kappa shape index (κ2) is 6.40. The molecule has 2 aromatic carbocycles. The summed E-state index contributed by atoms with van der Waals surface area (Å²) in [5, 5.41) is 0.573. The minimum atomic E-state index is -3.93. The number of sulfonamides is 1. The average Bonchev–Trinajstić information content (AvgIpc) is 2.60. The summed E-state index contributed by atoms with van der Waals surface area (Å²) in [5.41, 5.74) is 0.490. The van der Waals surface area contributed by atoms with E-state index in [1.165, 1.54) is 49.6 Å². The Bertz CT molecular complexity index is 1120. The molecule has 3 aromatic rings. The quantitative estimate of drug-likeness (QED) is 0.695. The molecule has 0 amide bonds. The number of rotatable bonds is 4. The number of aromatic nitrogens is 1. The summed E-state index contributed by atoms with van der Waals surface area (Å²) in [5.74, 6) is -0.644. The molecule has 8 heteroatoms. The fourth-order valence-electron chi connectivity index (χ4n) is 2.36. The number of anilines is 1. The zero-order chi connectivity index (χ0) is 18.0. The van der Waals surface area contributed by atoms with Crippen LogP contribution in [0, 0.1) is 0 Å². The molecule has 0 saturated carbocycles. The highest BCUT2D eigenvalue weighted by molar-refractivity contribution is 7.92. The second-order valence-electron chi connectivity index (χ2n) is 5.21. The molecule has 0 aliphatic rings. The Morgan fingerprint density at radius 3 is 2.60 bits per heavy atom. The maximum Gasteiger partial charge on any atom is 0.339 e. The van der Waals surface area contributed by atoms with Gasteiger partial charge in [-0.2, -0.15) is 0 Å². The Morgan fingerprint density at radius 1 is 1.08 bits per heavy atom. The molecule has 2 N–H and O–H groups in total. The highest BCUT2D eigenvalue weighted by Crippen LogP contribution is 2.22. The number of hydrogen-bond acceptors (Lipinski definition) is 5. The third-order valence-electron chi connectivity index (χ3n) is 3.58. The summed E-state index contributed by atoms with van der Waals surface area (Å²) in [6.07, 6.45) is 0. The van der Waals surface area contributed by atoms with E-state index in [2.05, 4.69) is 14.4 Å². The van der Waals surface area contributed by atoms with Crippen LogP contribution in [-0.4, -0.2) is 26.5 Å². The predicted octanol–water partition coefficient (Wildman–Crippen LogP) is 2.12. The molecule has 25 heavy (non-hydrogen) atoms. The van der Waals surface area contributed by atoms with Gasteiger partial charge in [0.25, 0.3) is 10.0 Å². The molecule has 0 spiro atoms. The number of aromatic amines is 1. The molecule has 0 radical (unpaired) electrons. The van der Waals surface area contributed by atoms with Gasteiger partial charge in [-0.15, -0.1) is 0 Å². The number of esters is 1. The van der Waals surface area contributed by atoms with Gasteiger partial charge in [0.1, 0.15) is 0 Å². The Morgan fingerprint density at radius 2 is 1.84 bits per heavy atom. The lowest BCUT2D eigenvalue weighted by atomic mass is 10.2. The molecule has 0 unspecified atom stereocenters. The Hall–Kier alpha value is -3.13. The number of para-hydroxylation sites is 1. The van der Waals surface area contributed by atoms with Gasteiger partial charge in [0.15, 0.2) is 0 Å². The number of carbonyl (C=O) groups is 1. The van der Waals surface area contributed by atoms with Gasteiger partial charge in [0.2, 0.25) is 5.56 Å². The lowest BCUT2D eigenvalue weighted by Crippen LogP contribution is -2.16. The zero-order valence-corrected chi connectivity index (χ0v) is 14.0. The van der Waals surface area contributed by atoms with Crippen LogP contribution in [0.5, 0.6) is 0 Å². The van der Waals surface area contributed by atoms with Crippen molar-refractivity contribution in [3.8, 4) is 0 Å². The molecule has 1 heterocycles. The Balaban J connectivity index is 2.02. The third kappa shape index (κ3) is 3.38. The van der Waals surface area contributed by atoms with E-state index in [9.17, 15) is 18.0 Å². The van der Waals surface area contributed by atoms with E-state index in [0.717, 1.165) is 0 Å². The largest absolute Gasteiger partial charge is 0.465 e. The molecule has 0 aliphatic carbocycles. The van der Waals surface area contributed by atoms with E-state index in [-0.39, 0.29) is 21.7 Å². The Kier molecular flexibility index (Phi) is 4.28. The van der Waals surface area contributed by atoms with Gasteiger partial charge in [-0.05, 0) is 41.8 Å². The summed E-state index contributed by atoms with van der Waals surface area (Å²) >= 11 is 0. The van der Waals surface area contributed by atoms with Crippen LogP contribution in [-0.2, 0) is 14.8 Å². The molecule has 0 aliphatic heterocycles. The number of hydrogen-bond donors (Lipinski definition) is 2. The maximum absolute atomic E-state index is 12.6.